The largest absolute Gasteiger partial charge is 0.350 e. The second-order valence-electron chi connectivity index (χ2n) is 6.51. The van der Waals surface area contributed by atoms with Crippen molar-refractivity contribution < 1.29 is 13.2 Å². The molecule has 27 heavy (non-hydrogen) atoms. The van der Waals surface area contributed by atoms with Crippen molar-refractivity contribution in [1.82, 2.24) is 14.6 Å². The number of nitrogens with one attached hydrogen (secondary N) is 1. The van der Waals surface area contributed by atoms with Crippen molar-refractivity contribution in [1.29, 1.82) is 0 Å². The Hall–Kier alpha value is -2.03. The lowest BCUT2D eigenvalue weighted by Crippen LogP contribution is -2.42. The molecule has 1 N–H and O–H groups in total. The van der Waals surface area contributed by atoms with Crippen molar-refractivity contribution in [2.75, 3.05) is 13.1 Å². The number of carbonyl (C=O) groups is 1. The molecular weight excluding hydrogens is 382 g/mol. The molecule has 1 amide bonds. The third kappa shape index (κ3) is 5.47. The van der Waals surface area contributed by atoms with Crippen LogP contribution in [0.15, 0.2) is 41.1 Å². The van der Waals surface area contributed by atoms with Crippen LogP contribution in [0.1, 0.15) is 29.1 Å². The summed E-state index contributed by atoms with van der Waals surface area (Å²) in [5, 5.41) is 7.06. The van der Waals surface area contributed by atoms with Gasteiger partial charge in [-0.05, 0) is 31.4 Å². The summed E-state index contributed by atoms with van der Waals surface area (Å²) >= 11 is 1.56. The zero-order chi connectivity index (χ0) is 19.3. The summed E-state index contributed by atoms with van der Waals surface area (Å²) in [6, 6.07) is 9.32. The summed E-state index contributed by atoms with van der Waals surface area (Å²) in [5.74, 6) is -0.188. The van der Waals surface area contributed by atoms with Gasteiger partial charge in [0, 0.05) is 29.8 Å². The summed E-state index contributed by atoms with van der Waals surface area (Å²) in [4.78, 5) is 16.7. The maximum atomic E-state index is 12.5. The van der Waals surface area contributed by atoms with Crippen LogP contribution in [0.3, 0.4) is 0 Å². The molecule has 2 heterocycles. The standard InChI is InChI=1S/C19H23N3O3S2/c1-15-21-18(14-26-15)13-20-19(23)17-7-10-22(11-8-17)27(24,25)12-9-16-5-3-2-4-6-16/h2-6,9,12,14,17H,7-8,10-11,13H2,1H3,(H,20,23). The van der Waals surface area contributed by atoms with E-state index in [2.05, 4.69) is 10.3 Å². The Morgan fingerprint density at radius 1 is 1.30 bits per heavy atom. The maximum Gasteiger partial charge on any atom is 0.236 e. The summed E-state index contributed by atoms with van der Waals surface area (Å²) < 4.78 is 26.4. The Morgan fingerprint density at radius 2 is 2.00 bits per heavy atom. The molecule has 144 valence electrons. The van der Waals surface area contributed by atoms with E-state index in [0.717, 1.165) is 16.3 Å². The number of sulfonamides is 1. The van der Waals surface area contributed by atoms with Gasteiger partial charge in [0.15, 0.2) is 0 Å². The molecule has 1 aromatic heterocycles. The highest BCUT2D eigenvalue weighted by Crippen LogP contribution is 2.21. The maximum absolute atomic E-state index is 12.5. The molecule has 0 unspecified atom stereocenters. The monoisotopic (exact) mass is 405 g/mol. The molecule has 0 radical (unpaired) electrons. The zero-order valence-electron chi connectivity index (χ0n) is 15.2. The van der Waals surface area contributed by atoms with E-state index in [0.29, 0.717) is 32.5 Å². The van der Waals surface area contributed by atoms with Gasteiger partial charge in [-0.3, -0.25) is 4.79 Å². The molecule has 1 aromatic carbocycles. The lowest BCUT2D eigenvalue weighted by atomic mass is 9.97. The number of aryl methyl sites for hydroxylation is 1. The molecule has 8 heteroatoms. The first-order valence-corrected chi connectivity index (χ1v) is 11.2. The Morgan fingerprint density at radius 3 is 2.63 bits per heavy atom. The fraction of sp³-hybridized carbons (Fsp3) is 0.368. The number of aromatic nitrogens is 1. The quantitative estimate of drug-likeness (QED) is 0.801. The average Bonchev–Trinajstić information content (AvgIpc) is 3.11. The van der Waals surface area contributed by atoms with Crippen LogP contribution in [0, 0.1) is 12.8 Å². The molecule has 2 aromatic rings. The van der Waals surface area contributed by atoms with Crippen LogP contribution in [0.5, 0.6) is 0 Å². The van der Waals surface area contributed by atoms with Crippen molar-refractivity contribution in [2.45, 2.75) is 26.3 Å². The first kappa shape index (κ1) is 19.7. The van der Waals surface area contributed by atoms with Crippen molar-refractivity contribution in [3.63, 3.8) is 0 Å². The number of piperidine rings is 1. The van der Waals surface area contributed by atoms with E-state index in [1.165, 1.54) is 9.71 Å². The predicted octanol–water partition coefficient (Wildman–Crippen LogP) is 2.78. The Labute approximate surface area is 164 Å². The highest BCUT2D eigenvalue weighted by atomic mass is 32.2. The van der Waals surface area contributed by atoms with E-state index < -0.39 is 10.0 Å². The molecule has 1 aliphatic heterocycles. The molecule has 1 saturated heterocycles. The Bertz CT molecular complexity index is 899. The van der Waals surface area contributed by atoms with E-state index >= 15 is 0 Å². The van der Waals surface area contributed by atoms with Crippen LogP contribution in [0.4, 0.5) is 0 Å². The minimum absolute atomic E-state index is 0.0301. The van der Waals surface area contributed by atoms with Crippen LogP contribution in [0.2, 0.25) is 0 Å². The SMILES string of the molecule is Cc1nc(CNC(=O)C2CCN(S(=O)(=O)C=Cc3ccccc3)CC2)cs1. The van der Waals surface area contributed by atoms with E-state index in [9.17, 15) is 13.2 Å². The Kier molecular flexibility index (Phi) is 6.41. The van der Waals surface area contributed by atoms with E-state index in [-0.39, 0.29) is 11.8 Å². The average molecular weight is 406 g/mol. The first-order chi connectivity index (χ1) is 12.9. The second-order valence-corrected chi connectivity index (χ2v) is 9.39. The van der Waals surface area contributed by atoms with Crippen LogP contribution < -0.4 is 5.32 Å². The molecule has 3 rings (SSSR count). The van der Waals surface area contributed by atoms with Gasteiger partial charge in [0.1, 0.15) is 0 Å². The van der Waals surface area contributed by atoms with Gasteiger partial charge in [0.25, 0.3) is 0 Å². The van der Waals surface area contributed by atoms with Gasteiger partial charge >= 0.3 is 0 Å². The molecule has 0 atom stereocenters. The minimum atomic E-state index is -3.47. The van der Waals surface area contributed by atoms with Crippen LogP contribution in [-0.4, -0.2) is 36.7 Å². The van der Waals surface area contributed by atoms with Crippen LogP contribution >= 0.6 is 11.3 Å². The number of nitrogens with zero attached hydrogens (tertiary/aromatic N) is 2. The molecule has 0 saturated carbocycles. The van der Waals surface area contributed by atoms with E-state index in [1.54, 1.807) is 17.4 Å². The molecular formula is C19H23N3O3S2. The molecule has 0 spiro atoms. The fourth-order valence-electron chi connectivity index (χ4n) is 3.00. The third-order valence-corrected chi connectivity index (χ3v) is 6.91. The van der Waals surface area contributed by atoms with Gasteiger partial charge < -0.3 is 5.32 Å². The number of hydrogen-bond donors (Lipinski definition) is 1. The van der Waals surface area contributed by atoms with Gasteiger partial charge in [-0.15, -0.1) is 11.3 Å². The number of thiazole rings is 1. The first-order valence-electron chi connectivity index (χ1n) is 8.86. The molecule has 6 nitrogen and oxygen atoms in total. The number of carbonyl (C=O) groups excluding carboxylic acids is 1. The van der Waals surface area contributed by atoms with Gasteiger partial charge in [-0.25, -0.2) is 13.4 Å². The van der Waals surface area contributed by atoms with Gasteiger partial charge in [-0.1, -0.05) is 30.3 Å². The lowest BCUT2D eigenvalue weighted by Gasteiger charge is -2.29. The summed E-state index contributed by atoms with van der Waals surface area (Å²) in [6.07, 6.45) is 2.66. The predicted molar refractivity (Wildman–Crippen MR) is 107 cm³/mol. The number of hydrogen-bond acceptors (Lipinski definition) is 5. The number of amides is 1. The second kappa shape index (κ2) is 8.77. The lowest BCUT2D eigenvalue weighted by molar-refractivity contribution is -0.126. The summed E-state index contributed by atoms with van der Waals surface area (Å²) in [6.45, 7) is 3.06. The van der Waals surface area contributed by atoms with Crippen molar-refractivity contribution >= 4 is 33.3 Å². The van der Waals surface area contributed by atoms with Crippen LogP contribution in [-0.2, 0) is 21.4 Å². The molecule has 0 bridgehead atoms. The Balaban J connectivity index is 1.50. The highest BCUT2D eigenvalue weighted by molar-refractivity contribution is 7.92. The van der Waals surface area contributed by atoms with Gasteiger partial charge in [-0.2, -0.15) is 4.31 Å². The topological polar surface area (TPSA) is 79.4 Å². The third-order valence-electron chi connectivity index (χ3n) is 4.53. The number of rotatable bonds is 6. The van der Waals surface area contributed by atoms with Crippen molar-refractivity contribution in [3.05, 3.63) is 57.4 Å². The van der Waals surface area contributed by atoms with E-state index in [1.807, 2.05) is 42.6 Å². The van der Waals surface area contributed by atoms with Crippen molar-refractivity contribution in [2.24, 2.45) is 5.92 Å². The molecule has 0 aliphatic carbocycles. The summed E-state index contributed by atoms with van der Waals surface area (Å²) in [7, 11) is -3.47. The van der Waals surface area contributed by atoms with Gasteiger partial charge in [0.05, 0.1) is 17.2 Å². The zero-order valence-corrected chi connectivity index (χ0v) is 16.8. The smallest absolute Gasteiger partial charge is 0.236 e. The fourth-order valence-corrected chi connectivity index (χ4v) is 4.83. The highest BCUT2D eigenvalue weighted by Gasteiger charge is 2.29. The summed E-state index contributed by atoms with van der Waals surface area (Å²) in [5.41, 5.74) is 1.70. The van der Waals surface area contributed by atoms with Crippen molar-refractivity contribution in [3.8, 4) is 0 Å². The minimum Gasteiger partial charge on any atom is -0.350 e. The molecule has 1 aliphatic rings. The normalized spacial score (nSPS) is 16.6. The van der Waals surface area contributed by atoms with Gasteiger partial charge in [0.2, 0.25) is 15.9 Å². The number of benzene rings is 1. The molecule has 1 fully saturated rings. The van der Waals surface area contributed by atoms with E-state index in [4.69, 9.17) is 0 Å². The van der Waals surface area contributed by atoms with Crippen LogP contribution in [0.25, 0.3) is 6.08 Å².